The zero-order chi connectivity index (χ0) is 17.9. The Morgan fingerprint density at radius 2 is 2.04 bits per heavy atom. The van der Waals surface area contributed by atoms with E-state index >= 15 is 0 Å². The first-order valence-electron chi connectivity index (χ1n) is 7.58. The number of methoxy groups -OCH3 is 1. The molecule has 8 heteroatoms. The number of sulfone groups is 1. The zero-order valence-electron chi connectivity index (χ0n) is 13.9. The Bertz CT molecular complexity index is 743. The van der Waals surface area contributed by atoms with Gasteiger partial charge in [-0.15, -0.1) is 0 Å². The summed E-state index contributed by atoms with van der Waals surface area (Å²) in [5.74, 6) is -0.428. The monoisotopic (exact) mass is 355 g/mol. The van der Waals surface area contributed by atoms with E-state index in [0.717, 1.165) is 5.56 Å². The van der Waals surface area contributed by atoms with Gasteiger partial charge in [-0.3, -0.25) is 4.79 Å². The minimum atomic E-state index is -3.06. The Kier molecular flexibility index (Phi) is 5.48. The average Bonchev–Trinajstić information content (AvgIpc) is 2.87. The number of amides is 1. The van der Waals surface area contributed by atoms with Crippen molar-refractivity contribution in [1.82, 2.24) is 5.32 Å². The molecule has 0 bridgehead atoms. The second kappa shape index (κ2) is 7.21. The van der Waals surface area contributed by atoms with Gasteiger partial charge in [-0.05, 0) is 38.0 Å². The van der Waals surface area contributed by atoms with Crippen LogP contribution in [0.25, 0.3) is 0 Å². The standard InChI is InChI=1S/C16H21NO6S/c1-10-4-5-12(16(19)22-3)8-14(10)23-11(2)15(18)17-13-6-7-24(20,21)9-13/h4-5,8,11,13H,6-7,9H2,1-3H3,(H,17,18)/t11-,13-/m0/s1. The van der Waals surface area contributed by atoms with Crippen molar-refractivity contribution in [3.8, 4) is 5.75 Å². The molecule has 1 aromatic carbocycles. The minimum Gasteiger partial charge on any atom is -0.481 e. The molecule has 1 N–H and O–H groups in total. The predicted molar refractivity (Wildman–Crippen MR) is 87.8 cm³/mol. The molecule has 0 saturated carbocycles. The predicted octanol–water partition coefficient (Wildman–Crippen LogP) is 0.852. The van der Waals surface area contributed by atoms with Gasteiger partial charge < -0.3 is 14.8 Å². The summed E-state index contributed by atoms with van der Waals surface area (Å²) in [6.07, 6.45) is -0.405. The molecule has 7 nitrogen and oxygen atoms in total. The summed E-state index contributed by atoms with van der Waals surface area (Å²) >= 11 is 0. The van der Waals surface area contributed by atoms with Crippen molar-refractivity contribution in [2.45, 2.75) is 32.4 Å². The molecule has 1 heterocycles. The van der Waals surface area contributed by atoms with Gasteiger partial charge in [0.2, 0.25) is 0 Å². The van der Waals surface area contributed by atoms with Crippen LogP contribution >= 0.6 is 0 Å². The van der Waals surface area contributed by atoms with Crippen LogP contribution in [0.2, 0.25) is 0 Å². The summed E-state index contributed by atoms with van der Waals surface area (Å²) in [6.45, 7) is 3.37. The minimum absolute atomic E-state index is 0.0394. The number of carbonyl (C=O) groups excluding carboxylic acids is 2. The number of nitrogens with one attached hydrogen (secondary N) is 1. The van der Waals surface area contributed by atoms with Crippen molar-refractivity contribution in [2.24, 2.45) is 0 Å². The first kappa shape index (κ1) is 18.3. The maximum Gasteiger partial charge on any atom is 0.337 e. The summed E-state index contributed by atoms with van der Waals surface area (Å²) in [4.78, 5) is 23.8. The maximum absolute atomic E-state index is 12.2. The Morgan fingerprint density at radius 1 is 1.33 bits per heavy atom. The lowest BCUT2D eigenvalue weighted by atomic mass is 10.1. The van der Waals surface area contributed by atoms with Crippen LogP contribution in [0.1, 0.15) is 29.3 Å². The fourth-order valence-electron chi connectivity index (χ4n) is 2.44. The Labute approximate surface area is 141 Å². The molecule has 1 fully saturated rings. The number of carbonyl (C=O) groups is 2. The molecule has 2 atom stereocenters. The van der Waals surface area contributed by atoms with E-state index in [1.165, 1.54) is 13.2 Å². The van der Waals surface area contributed by atoms with E-state index in [1.807, 2.05) is 0 Å². The topological polar surface area (TPSA) is 98.8 Å². The molecule has 1 amide bonds. The van der Waals surface area contributed by atoms with Crippen LogP contribution in [0.3, 0.4) is 0 Å². The second-order valence-electron chi connectivity index (χ2n) is 5.84. The van der Waals surface area contributed by atoms with Crippen molar-refractivity contribution in [1.29, 1.82) is 0 Å². The highest BCUT2D eigenvalue weighted by Gasteiger charge is 2.30. The van der Waals surface area contributed by atoms with Crippen LogP contribution in [-0.2, 0) is 19.4 Å². The van der Waals surface area contributed by atoms with Crippen LogP contribution < -0.4 is 10.1 Å². The molecule has 24 heavy (non-hydrogen) atoms. The second-order valence-corrected chi connectivity index (χ2v) is 8.07. The molecule has 0 spiro atoms. The van der Waals surface area contributed by atoms with E-state index in [2.05, 4.69) is 10.1 Å². The van der Waals surface area contributed by atoms with Gasteiger partial charge in [0.05, 0.1) is 24.2 Å². The fraction of sp³-hybridized carbons (Fsp3) is 0.500. The summed E-state index contributed by atoms with van der Waals surface area (Å²) in [5.41, 5.74) is 1.10. The summed E-state index contributed by atoms with van der Waals surface area (Å²) in [6, 6.07) is 4.46. The lowest BCUT2D eigenvalue weighted by Gasteiger charge is -2.19. The average molecular weight is 355 g/mol. The van der Waals surface area contributed by atoms with Crippen LogP contribution in [0.5, 0.6) is 5.75 Å². The SMILES string of the molecule is COC(=O)c1ccc(C)c(O[C@@H](C)C(=O)N[C@H]2CCS(=O)(=O)C2)c1. The van der Waals surface area contributed by atoms with Gasteiger partial charge in [-0.2, -0.15) is 0 Å². The molecule has 1 aromatic rings. The van der Waals surface area contributed by atoms with E-state index in [-0.39, 0.29) is 23.5 Å². The molecule has 0 aromatic heterocycles. The summed E-state index contributed by atoms with van der Waals surface area (Å²) in [5, 5.41) is 2.69. The zero-order valence-corrected chi connectivity index (χ0v) is 14.7. The molecule has 1 aliphatic rings. The van der Waals surface area contributed by atoms with Crippen LogP contribution in [0, 0.1) is 6.92 Å². The highest BCUT2D eigenvalue weighted by atomic mass is 32.2. The van der Waals surface area contributed by atoms with Gasteiger partial charge in [-0.1, -0.05) is 6.07 Å². The molecular weight excluding hydrogens is 334 g/mol. The molecule has 0 aliphatic carbocycles. The number of esters is 1. The van der Waals surface area contributed by atoms with Crippen LogP contribution in [0.15, 0.2) is 18.2 Å². The number of hydrogen-bond donors (Lipinski definition) is 1. The van der Waals surface area contributed by atoms with E-state index in [4.69, 9.17) is 4.74 Å². The lowest BCUT2D eigenvalue weighted by molar-refractivity contribution is -0.127. The molecule has 1 saturated heterocycles. The van der Waals surface area contributed by atoms with Gasteiger partial charge in [0.15, 0.2) is 15.9 Å². The van der Waals surface area contributed by atoms with E-state index < -0.39 is 21.9 Å². The Balaban J connectivity index is 2.02. The van der Waals surface area contributed by atoms with Crippen molar-refractivity contribution < 1.29 is 27.5 Å². The van der Waals surface area contributed by atoms with Gasteiger partial charge in [0, 0.05) is 6.04 Å². The molecule has 0 radical (unpaired) electrons. The summed E-state index contributed by atoms with van der Waals surface area (Å²) < 4.78 is 33.2. The van der Waals surface area contributed by atoms with Crippen molar-refractivity contribution >= 4 is 21.7 Å². The number of benzene rings is 1. The van der Waals surface area contributed by atoms with Crippen molar-refractivity contribution in [3.63, 3.8) is 0 Å². The smallest absolute Gasteiger partial charge is 0.337 e. The number of hydrogen-bond acceptors (Lipinski definition) is 6. The highest BCUT2D eigenvalue weighted by molar-refractivity contribution is 7.91. The third-order valence-electron chi connectivity index (χ3n) is 3.86. The number of aryl methyl sites for hydroxylation is 1. The molecule has 1 aliphatic heterocycles. The Morgan fingerprint density at radius 3 is 2.62 bits per heavy atom. The van der Waals surface area contributed by atoms with Gasteiger partial charge in [0.25, 0.3) is 5.91 Å². The normalized spacial score (nSPS) is 20.2. The first-order chi connectivity index (χ1) is 11.2. The summed E-state index contributed by atoms with van der Waals surface area (Å²) in [7, 11) is -1.77. The van der Waals surface area contributed by atoms with Gasteiger partial charge in [-0.25, -0.2) is 13.2 Å². The molecule has 0 unspecified atom stereocenters. The van der Waals surface area contributed by atoms with Crippen molar-refractivity contribution in [3.05, 3.63) is 29.3 Å². The lowest BCUT2D eigenvalue weighted by Crippen LogP contribution is -2.43. The highest BCUT2D eigenvalue weighted by Crippen LogP contribution is 2.21. The molecule has 2 rings (SSSR count). The quantitative estimate of drug-likeness (QED) is 0.786. The fourth-order valence-corrected chi connectivity index (χ4v) is 4.12. The first-order valence-corrected chi connectivity index (χ1v) is 9.40. The van der Waals surface area contributed by atoms with Crippen LogP contribution in [0.4, 0.5) is 0 Å². The largest absolute Gasteiger partial charge is 0.481 e. The molecular formula is C16H21NO6S. The van der Waals surface area contributed by atoms with Crippen molar-refractivity contribution in [2.75, 3.05) is 18.6 Å². The third-order valence-corrected chi connectivity index (χ3v) is 5.63. The third kappa shape index (κ3) is 4.47. The van der Waals surface area contributed by atoms with Gasteiger partial charge in [0.1, 0.15) is 5.75 Å². The molecule has 132 valence electrons. The van der Waals surface area contributed by atoms with E-state index in [1.54, 1.807) is 26.0 Å². The van der Waals surface area contributed by atoms with E-state index in [9.17, 15) is 18.0 Å². The Hall–Kier alpha value is -2.09. The van der Waals surface area contributed by atoms with Crippen LogP contribution in [-0.4, -0.2) is 51.1 Å². The van der Waals surface area contributed by atoms with E-state index in [0.29, 0.717) is 17.7 Å². The maximum atomic E-state index is 12.2. The number of ether oxygens (including phenoxy) is 2. The van der Waals surface area contributed by atoms with Gasteiger partial charge >= 0.3 is 5.97 Å². The number of rotatable bonds is 5.